The minimum Gasteiger partial charge on any atom is -0.309 e. The molecule has 0 aliphatic carbocycles. The lowest BCUT2D eigenvalue weighted by Crippen LogP contribution is -2.26. The highest BCUT2D eigenvalue weighted by atomic mass is 79.9. The van der Waals surface area contributed by atoms with E-state index >= 15 is 0 Å². The fraction of sp³-hybridized carbons (Fsp3) is 0.400. The monoisotopic (exact) mass is 370 g/mol. The summed E-state index contributed by atoms with van der Waals surface area (Å²) in [5.74, 6) is -1.49. The number of nitrogens with zero attached hydrogens (tertiary/aromatic N) is 2. The number of amides is 1. The van der Waals surface area contributed by atoms with Gasteiger partial charge in [-0.15, -0.1) is 3.89 Å². The molecule has 5 nitrogen and oxygen atoms in total. The molecular formula is C10H9BrClFN2O3S. The second-order valence-electron chi connectivity index (χ2n) is 4.24. The van der Waals surface area contributed by atoms with Crippen molar-refractivity contribution in [2.24, 2.45) is 5.92 Å². The molecule has 0 saturated carbocycles. The molecule has 9 heteroatoms. The summed E-state index contributed by atoms with van der Waals surface area (Å²) in [5.41, 5.74) is 0.455. The van der Waals surface area contributed by atoms with Crippen molar-refractivity contribution in [2.45, 2.75) is 6.42 Å². The van der Waals surface area contributed by atoms with Crippen molar-refractivity contribution >= 4 is 49.3 Å². The zero-order chi connectivity index (χ0) is 14.2. The SMILES string of the molecule is O=C1CC(CS(=O)(=O)F)CN1c1cc(Cl)cnc1Br. The second kappa shape index (κ2) is 5.34. The predicted molar refractivity (Wildman–Crippen MR) is 72.3 cm³/mol. The number of hydrogen-bond donors (Lipinski definition) is 0. The molecule has 1 aliphatic rings. The van der Waals surface area contributed by atoms with Crippen LogP contribution in [0.3, 0.4) is 0 Å². The first-order chi connectivity index (χ1) is 8.76. The van der Waals surface area contributed by atoms with Gasteiger partial charge >= 0.3 is 10.2 Å². The Kier molecular flexibility index (Phi) is 4.12. The average molecular weight is 372 g/mol. The quantitative estimate of drug-likeness (QED) is 0.603. The molecule has 1 fully saturated rings. The summed E-state index contributed by atoms with van der Waals surface area (Å²) in [7, 11) is -4.59. The topological polar surface area (TPSA) is 67.3 Å². The Morgan fingerprint density at radius 2 is 2.26 bits per heavy atom. The summed E-state index contributed by atoms with van der Waals surface area (Å²) in [6.07, 6.45) is 1.40. The predicted octanol–water partition coefficient (Wildman–Crippen LogP) is 2.15. The molecule has 1 aromatic rings. The van der Waals surface area contributed by atoms with E-state index in [1.54, 1.807) is 6.07 Å². The maximum absolute atomic E-state index is 12.6. The number of carbonyl (C=O) groups is 1. The number of aromatic nitrogens is 1. The van der Waals surface area contributed by atoms with Crippen molar-refractivity contribution < 1.29 is 17.1 Å². The number of anilines is 1. The van der Waals surface area contributed by atoms with Gasteiger partial charge in [0.1, 0.15) is 4.60 Å². The lowest BCUT2D eigenvalue weighted by atomic mass is 10.1. The van der Waals surface area contributed by atoms with Crippen LogP contribution in [0.25, 0.3) is 0 Å². The first kappa shape index (κ1) is 14.7. The maximum atomic E-state index is 12.6. The van der Waals surface area contributed by atoms with Gasteiger partial charge < -0.3 is 4.90 Å². The van der Waals surface area contributed by atoms with E-state index in [4.69, 9.17) is 11.6 Å². The third kappa shape index (κ3) is 3.64. The molecule has 1 aliphatic heterocycles. The molecule has 1 unspecified atom stereocenters. The Morgan fingerprint density at radius 3 is 2.89 bits per heavy atom. The molecule has 1 amide bonds. The van der Waals surface area contributed by atoms with E-state index < -0.39 is 21.9 Å². The van der Waals surface area contributed by atoms with Gasteiger partial charge in [-0.2, -0.15) is 8.42 Å². The zero-order valence-corrected chi connectivity index (χ0v) is 12.7. The van der Waals surface area contributed by atoms with Gasteiger partial charge in [0.15, 0.2) is 0 Å². The molecule has 0 aromatic carbocycles. The van der Waals surface area contributed by atoms with Crippen LogP contribution in [0.1, 0.15) is 6.42 Å². The molecule has 104 valence electrons. The summed E-state index contributed by atoms with van der Waals surface area (Å²) < 4.78 is 34.3. The minimum atomic E-state index is -4.59. The van der Waals surface area contributed by atoms with E-state index in [1.807, 2.05) is 0 Å². The number of hydrogen-bond acceptors (Lipinski definition) is 4. The molecule has 2 rings (SSSR count). The van der Waals surface area contributed by atoms with E-state index in [2.05, 4.69) is 20.9 Å². The molecule has 1 atom stereocenters. The number of halogens is 3. The van der Waals surface area contributed by atoms with Crippen LogP contribution in [-0.4, -0.2) is 31.6 Å². The Morgan fingerprint density at radius 1 is 1.58 bits per heavy atom. The fourth-order valence-electron chi connectivity index (χ4n) is 2.01. The second-order valence-corrected chi connectivity index (χ2v) is 6.84. The lowest BCUT2D eigenvalue weighted by molar-refractivity contribution is -0.117. The summed E-state index contributed by atoms with van der Waals surface area (Å²) in [4.78, 5) is 17.2. The molecule has 2 heterocycles. The number of carbonyl (C=O) groups excluding carboxylic acids is 1. The van der Waals surface area contributed by atoms with Crippen LogP contribution in [0.4, 0.5) is 9.57 Å². The van der Waals surface area contributed by atoms with E-state index in [0.29, 0.717) is 15.3 Å². The van der Waals surface area contributed by atoms with Gasteiger partial charge in [-0.05, 0) is 22.0 Å². The summed E-state index contributed by atoms with van der Waals surface area (Å²) >= 11 is 9.00. The first-order valence-corrected chi connectivity index (χ1v) is 8.02. The van der Waals surface area contributed by atoms with Gasteiger partial charge in [-0.1, -0.05) is 11.6 Å². The molecule has 0 radical (unpaired) electrons. The maximum Gasteiger partial charge on any atom is 0.302 e. The van der Waals surface area contributed by atoms with Gasteiger partial charge in [0, 0.05) is 25.1 Å². The van der Waals surface area contributed by atoms with Crippen LogP contribution in [0.2, 0.25) is 5.02 Å². The molecule has 0 spiro atoms. The van der Waals surface area contributed by atoms with Crippen molar-refractivity contribution in [3.8, 4) is 0 Å². The van der Waals surface area contributed by atoms with Crippen LogP contribution in [0, 0.1) is 5.92 Å². The van der Waals surface area contributed by atoms with Crippen molar-refractivity contribution in [1.29, 1.82) is 0 Å². The van der Waals surface area contributed by atoms with Gasteiger partial charge in [0.05, 0.1) is 16.5 Å². The van der Waals surface area contributed by atoms with E-state index in [0.717, 1.165) is 0 Å². The molecule has 0 N–H and O–H groups in total. The Balaban J connectivity index is 2.23. The largest absolute Gasteiger partial charge is 0.309 e. The lowest BCUT2D eigenvalue weighted by Gasteiger charge is -2.17. The van der Waals surface area contributed by atoms with Gasteiger partial charge in [-0.25, -0.2) is 4.98 Å². The van der Waals surface area contributed by atoms with Crippen molar-refractivity contribution in [3.05, 3.63) is 21.9 Å². The Bertz CT molecular complexity index is 625. The number of rotatable bonds is 3. The van der Waals surface area contributed by atoms with E-state index in [9.17, 15) is 17.1 Å². The average Bonchev–Trinajstić information content (AvgIpc) is 2.60. The Labute approximate surface area is 123 Å². The van der Waals surface area contributed by atoms with Crippen molar-refractivity contribution in [2.75, 3.05) is 17.2 Å². The normalized spacial score (nSPS) is 20.1. The van der Waals surface area contributed by atoms with Gasteiger partial charge in [-0.3, -0.25) is 4.79 Å². The summed E-state index contributed by atoms with van der Waals surface area (Å²) in [6, 6.07) is 1.54. The van der Waals surface area contributed by atoms with Crippen LogP contribution in [0.5, 0.6) is 0 Å². The molecular weight excluding hydrogens is 363 g/mol. The molecule has 19 heavy (non-hydrogen) atoms. The van der Waals surface area contributed by atoms with Gasteiger partial charge in [0.2, 0.25) is 5.91 Å². The third-order valence-electron chi connectivity index (χ3n) is 2.72. The molecule has 1 aromatic heterocycles. The highest BCUT2D eigenvalue weighted by molar-refractivity contribution is 9.10. The van der Waals surface area contributed by atoms with Crippen LogP contribution in [0.15, 0.2) is 16.9 Å². The van der Waals surface area contributed by atoms with Crippen molar-refractivity contribution in [3.63, 3.8) is 0 Å². The van der Waals surface area contributed by atoms with Crippen LogP contribution >= 0.6 is 27.5 Å². The van der Waals surface area contributed by atoms with Gasteiger partial charge in [0.25, 0.3) is 0 Å². The zero-order valence-electron chi connectivity index (χ0n) is 9.51. The highest BCUT2D eigenvalue weighted by Gasteiger charge is 2.34. The van der Waals surface area contributed by atoms with Crippen LogP contribution < -0.4 is 4.90 Å². The fourth-order valence-corrected chi connectivity index (χ4v) is 3.38. The third-order valence-corrected chi connectivity index (χ3v) is 4.41. The molecule has 0 bridgehead atoms. The van der Waals surface area contributed by atoms with Crippen molar-refractivity contribution in [1.82, 2.24) is 4.98 Å². The number of pyridine rings is 1. The van der Waals surface area contributed by atoms with E-state index in [1.165, 1.54) is 11.1 Å². The summed E-state index contributed by atoms with van der Waals surface area (Å²) in [6.45, 7) is 0.128. The van der Waals surface area contributed by atoms with Crippen LogP contribution in [-0.2, 0) is 15.0 Å². The highest BCUT2D eigenvalue weighted by Crippen LogP contribution is 2.32. The summed E-state index contributed by atoms with van der Waals surface area (Å²) in [5, 5.41) is 0.354. The smallest absolute Gasteiger partial charge is 0.302 e. The molecule has 1 saturated heterocycles. The Hall–Kier alpha value is -0.730. The standard InChI is InChI=1S/C10H9BrClFN2O3S/c11-10-8(2-7(12)3-14-10)15-4-6(1-9(15)16)5-19(13,17)18/h2-3,6H,1,4-5H2. The first-order valence-electron chi connectivity index (χ1n) is 5.30. The minimum absolute atomic E-state index is 0.0118. The van der Waals surface area contributed by atoms with E-state index in [-0.39, 0.29) is 18.9 Å².